The van der Waals surface area contributed by atoms with E-state index < -0.39 is 11.6 Å². The molecule has 0 aliphatic heterocycles. The molecule has 0 radical (unpaired) electrons. The van der Waals surface area contributed by atoms with Crippen LogP contribution in [0.2, 0.25) is 0 Å². The molecule has 0 fully saturated rings. The summed E-state index contributed by atoms with van der Waals surface area (Å²) in [6.07, 6.45) is 1.01. The van der Waals surface area contributed by atoms with Gasteiger partial charge >= 0.3 is 0 Å². The molecule has 1 N–H and O–H groups in total. The van der Waals surface area contributed by atoms with Crippen molar-refractivity contribution in [3.05, 3.63) is 41.2 Å². The molecule has 0 saturated carbocycles. The van der Waals surface area contributed by atoms with Crippen LogP contribution in [-0.2, 0) is 0 Å². The molecular formula is C14H18F2N4. The van der Waals surface area contributed by atoms with Crippen LogP contribution in [-0.4, -0.2) is 21.5 Å². The highest BCUT2D eigenvalue weighted by molar-refractivity contribution is 5.35. The van der Waals surface area contributed by atoms with Crippen LogP contribution in [0.15, 0.2) is 18.2 Å². The highest BCUT2D eigenvalue weighted by Crippen LogP contribution is 2.20. The van der Waals surface area contributed by atoms with E-state index in [9.17, 15) is 8.78 Å². The first-order valence-electron chi connectivity index (χ1n) is 6.66. The predicted molar refractivity (Wildman–Crippen MR) is 72.7 cm³/mol. The van der Waals surface area contributed by atoms with Gasteiger partial charge in [0.1, 0.15) is 11.4 Å². The molecule has 1 unspecified atom stereocenters. The van der Waals surface area contributed by atoms with E-state index in [-0.39, 0.29) is 11.7 Å². The zero-order chi connectivity index (χ0) is 14.7. The molecule has 1 heterocycles. The lowest BCUT2D eigenvalue weighted by Crippen LogP contribution is -2.20. The van der Waals surface area contributed by atoms with Gasteiger partial charge in [0.2, 0.25) is 0 Å². The summed E-state index contributed by atoms with van der Waals surface area (Å²) >= 11 is 0. The summed E-state index contributed by atoms with van der Waals surface area (Å²) in [7, 11) is 0. The molecule has 0 spiro atoms. The second-order valence-corrected chi connectivity index (χ2v) is 4.72. The van der Waals surface area contributed by atoms with Crippen molar-refractivity contribution in [2.45, 2.75) is 33.2 Å². The Kier molecular flexibility index (Phi) is 4.44. The van der Waals surface area contributed by atoms with Gasteiger partial charge in [-0.25, -0.2) is 13.5 Å². The third-order valence-corrected chi connectivity index (χ3v) is 3.20. The Balaban J connectivity index is 2.35. The monoisotopic (exact) mass is 280 g/mol. The van der Waals surface area contributed by atoms with E-state index in [0.717, 1.165) is 24.7 Å². The zero-order valence-electron chi connectivity index (χ0n) is 11.8. The SMILES string of the molecule is CCCNC(C)c1nnn(-c2cccc(F)c2F)c1C. The summed E-state index contributed by atoms with van der Waals surface area (Å²) in [5.74, 6) is -1.81. The quantitative estimate of drug-likeness (QED) is 0.915. The molecule has 6 heteroatoms. The smallest absolute Gasteiger partial charge is 0.184 e. The van der Waals surface area contributed by atoms with Gasteiger partial charge in [0, 0.05) is 0 Å². The minimum Gasteiger partial charge on any atom is -0.309 e. The Bertz CT molecular complexity index is 595. The number of rotatable bonds is 5. The molecule has 0 saturated heterocycles. The van der Waals surface area contributed by atoms with E-state index in [1.807, 2.05) is 6.92 Å². The largest absolute Gasteiger partial charge is 0.309 e. The van der Waals surface area contributed by atoms with Gasteiger partial charge < -0.3 is 5.32 Å². The lowest BCUT2D eigenvalue weighted by atomic mass is 10.2. The van der Waals surface area contributed by atoms with Crippen LogP contribution in [0.4, 0.5) is 8.78 Å². The maximum absolute atomic E-state index is 13.8. The molecule has 108 valence electrons. The molecular weight excluding hydrogens is 262 g/mol. The minimum absolute atomic E-state index is 0.0142. The number of nitrogens with one attached hydrogen (secondary N) is 1. The summed E-state index contributed by atoms with van der Waals surface area (Å²) in [5.41, 5.74) is 1.51. The van der Waals surface area contributed by atoms with Gasteiger partial charge in [-0.15, -0.1) is 5.10 Å². The molecule has 1 aromatic heterocycles. The Labute approximate surface area is 116 Å². The normalized spacial score (nSPS) is 12.7. The maximum Gasteiger partial charge on any atom is 0.184 e. The van der Waals surface area contributed by atoms with Gasteiger partial charge in [0.25, 0.3) is 0 Å². The minimum atomic E-state index is -0.916. The van der Waals surface area contributed by atoms with Crippen LogP contribution in [0.3, 0.4) is 0 Å². The lowest BCUT2D eigenvalue weighted by molar-refractivity contribution is 0.499. The first kappa shape index (κ1) is 14.6. The average Bonchev–Trinajstić information content (AvgIpc) is 2.81. The Morgan fingerprint density at radius 3 is 2.80 bits per heavy atom. The first-order chi connectivity index (χ1) is 9.56. The van der Waals surface area contributed by atoms with Crippen molar-refractivity contribution in [2.75, 3.05) is 6.54 Å². The zero-order valence-corrected chi connectivity index (χ0v) is 11.8. The molecule has 1 atom stereocenters. The predicted octanol–water partition coefficient (Wildman–Crippen LogP) is 2.91. The Hall–Kier alpha value is -1.82. The standard InChI is InChI=1S/C14H18F2N4/c1-4-8-17-9(2)14-10(3)20(19-18-14)12-7-5-6-11(15)13(12)16/h5-7,9,17H,4,8H2,1-3H3. The van der Waals surface area contributed by atoms with Crippen molar-refractivity contribution in [3.8, 4) is 5.69 Å². The second-order valence-electron chi connectivity index (χ2n) is 4.72. The van der Waals surface area contributed by atoms with Crippen molar-refractivity contribution >= 4 is 0 Å². The van der Waals surface area contributed by atoms with Crippen LogP contribution >= 0.6 is 0 Å². The Morgan fingerprint density at radius 2 is 2.10 bits per heavy atom. The second kappa shape index (κ2) is 6.09. The maximum atomic E-state index is 13.8. The molecule has 0 aliphatic rings. The van der Waals surface area contributed by atoms with E-state index in [4.69, 9.17) is 0 Å². The van der Waals surface area contributed by atoms with Crippen molar-refractivity contribution in [1.82, 2.24) is 20.3 Å². The molecule has 0 bridgehead atoms. The van der Waals surface area contributed by atoms with Gasteiger partial charge in [-0.05, 0) is 38.9 Å². The third kappa shape index (κ3) is 2.70. The van der Waals surface area contributed by atoms with Gasteiger partial charge in [0.05, 0.1) is 11.7 Å². The number of benzene rings is 1. The third-order valence-electron chi connectivity index (χ3n) is 3.20. The molecule has 2 rings (SSSR count). The summed E-state index contributed by atoms with van der Waals surface area (Å²) in [5, 5.41) is 11.3. The van der Waals surface area contributed by atoms with Crippen molar-refractivity contribution in [3.63, 3.8) is 0 Å². The van der Waals surface area contributed by atoms with Crippen LogP contribution < -0.4 is 5.32 Å². The van der Waals surface area contributed by atoms with E-state index in [2.05, 4.69) is 22.6 Å². The highest BCUT2D eigenvalue weighted by atomic mass is 19.2. The van der Waals surface area contributed by atoms with Crippen molar-refractivity contribution < 1.29 is 8.78 Å². The fraction of sp³-hybridized carbons (Fsp3) is 0.429. The number of aromatic nitrogens is 3. The van der Waals surface area contributed by atoms with E-state index in [1.54, 1.807) is 6.92 Å². The lowest BCUT2D eigenvalue weighted by Gasteiger charge is -2.11. The first-order valence-corrected chi connectivity index (χ1v) is 6.66. The fourth-order valence-corrected chi connectivity index (χ4v) is 2.08. The van der Waals surface area contributed by atoms with Gasteiger partial charge in [-0.2, -0.15) is 0 Å². The van der Waals surface area contributed by atoms with E-state index in [1.165, 1.54) is 16.8 Å². The van der Waals surface area contributed by atoms with Gasteiger partial charge in [-0.1, -0.05) is 18.2 Å². The molecule has 20 heavy (non-hydrogen) atoms. The van der Waals surface area contributed by atoms with Gasteiger partial charge in [-0.3, -0.25) is 0 Å². The average molecular weight is 280 g/mol. The summed E-state index contributed by atoms with van der Waals surface area (Å²) in [4.78, 5) is 0. The number of halogens is 2. The summed E-state index contributed by atoms with van der Waals surface area (Å²) < 4.78 is 28.4. The molecule has 2 aromatic rings. The van der Waals surface area contributed by atoms with Crippen LogP contribution in [0.1, 0.15) is 37.7 Å². The fourth-order valence-electron chi connectivity index (χ4n) is 2.08. The van der Waals surface area contributed by atoms with Crippen LogP contribution in [0, 0.1) is 18.6 Å². The van der Waals surface area contributed by atoms with Crippen LogP contribution in [0.5, 0.6) is 0 Å². The van der Waals surface area contributed by atoms with Crippen LogP contribution in [0.25, 0.3) is 5.69 Å². The topological polar surface area (TPSA) is 42.7 Å². The summed E-state index contributed by atoms with van der Waals surface area (Å²) in [6, 6.07) is 4.03. The summed E-state index contributed by atoms with van der Waals surface area (Å²) in [6.45, 7) is 6.70. The van der Waals surface area contributed by atoms with Crippen molar-refractivity contribution in [2.24, 2.45) is 0 Å². The number of hydrogen-bond donors (Lipinski definition) is 1. The highest BCUT2D eigenvalue weighted by Gasteiger charge is 2.18. The molecule has 4 nitrogen and oxygen atoms in total. The van der Waals surface area contributed by atoms with Crippen molar-refractivity contribution in [1.29, 1.82) is 0 Å². The molecule has 0 amide bonds. The number of hydrogen-bond acceptors (Lipinski definition) is 3. The molecule has 1 aromatic carbocycles. The van der Waals surface area contributed by atoms with E-state index in [0.29, 0.717) is 5.69 Å². The molecule has 0 aliphatic carbocycles. The van der Waals surface area contributed by atoms with E-state index >= 15 is 0 Å². The number of nitrogens with zero attached hydrogens (tertiary/aromatic N) is 3. The van der Waals surface area contributed by atoms with Gasteiger partial charge in [0.15, 0.2) is 11.6 Å². The Morgan fingerprint density at radius 1 is 1.35 bits per heavy atom.